The zero-order chi connectivity index (χ0) is 26.3. The maximum Gasteiger partial charge on any atom is 0.344 e. The van der Waals surface area contributed by atoms with Crippen LogP contribution in [0, 0.1) is 0 Å². The van der Waals surface area contributed by atoms with Crippen molar-refractivity contribution in [2.24, 2.45) is 0 Å². The van der Waals surface area contributed by atoms with E-state index in [9.17, 15) is 9.59 Å². The molecule has 6 heteroatoms. The summed E-state index contributed by atoms with van der Waals surface area (Å²) in [5.74, 6) is 0.210. The van der Waals surface area contributed by atoms with Crippen LogP contribution in [0.4, 0.5) is 5.69 Å². The molecule has 196 valence electrons. The summed E-state index contributed by atoms with van der Waals surface area (Å²) in [5, 5.41) is 3.60. The van der Waals surface area contributed by atoms with Crippen molar-refractivity contribution >= 4 is 22.6 Å². The highest BCUT2D eigenvalue weighted by Gasteiger charge is 2.44. The standard InChI is InChI=1S/C32H33NO5/c1-2-3-4-5-6-12-21-36-24-19-17-22(18-20-24)27-28-29(25-15-10-11-16-26(25)37-32(28)35)38-30(27)31(34)33-23-13-8-7-9-14-23/h7-11,13-20,27,30H,2-6,12,21H2,1H3,(H,33,34)/t27-,30+/m1/s1. The number of rotatable bonds is 11. The molecule has 0 saturated heterocycles. The zero-order valence-electron chi connectivity index (χ0n) is 21.7. The van der Waals surface area contributed by atoms with E-state index in [2.05, 4.69) is 12.2 Å². The van der Waals surface area contributed by atoms with Gasteiger partial charge in [-0.3, -0.25) is 4.79 Å². The summed E-state index contributed by atoms with van der Waals surface area (Å²) in [6.45, 7) is 2.88. The molecule has 38 heavy (non-hydrogen) atoms. The van der Waals surface area contributed by atoms with E-state index in [0.717, 1.165) is 24.2 Å². The van der Waals surface area contributed by atoms with Gasteiger partial charge in [0.25, 0.3) is 5.91 Å². The first-order valence-electron chi connectivity index (χ1n) is 13.5. The molecule has 1 aliphatic heterocycles. The van der Waals surface area contributed by atoms with E-state index in [4.69, 9.17) is 13.9 Å². The Balaban J connectivity index is 1.39. The number of anilines is 1. The molecule has 2 atom stereocenters. The fourth-order valence-electron chi connectivity index (χ4n) is 5.00. The number of carbonyl (C=O) groups excluding carboxylic acids is 1. The summed E-state index contributed by atoms with van der Waals surface area (Å²) in [5.41, 5.74) is 1.73. The molecule has 0 radical (unpaired) electrons. The molecular weight excluding hydrogens is 478 g/mol. The minimum atomic E-state index is -0.936. The van der Waals surface area contributed by atoms with Crippen molar-refractivity contribution in [2.75, 3.05) is 11.9 Å². The average Bonchev–Trinajstić information content (AvgIpc) is 3.35. The summed E-state index contributed by atoms with van der Waals surface area (Å²) in [6.07, 6.45) is 6.29. The van der Waals surface area contributed by atoms with E-state index in [-0.39, 0.29) is 5.91 Å². The number of fused-ring (bicyclic) bond motifs is 3. The summed E-state index contributed by atoms with van der Waals surface area (Å²) in [6, 6.07) is 24.0. The van der Waals surface area contributed by atoms with E-state index in [1.165, 1.54) is 25.7 Å². The zero-order valence-corrected chi connectivity index (χ0v) is 21.7. The molecule has 6 nitrogen and oxygen atoms in total. The van der Waals surface area contributed by atoms with Gasteiger partial charge in [0.1, 0.15) is 17.1 Å². The molecule has 1 aromatic heterocycles. The van der Waals surface area contributed by atoms with Crippen LogP contribution < -0.4 is 20.4 Å². The molecule has 0 unspecified atom stereocenters. The van der Waals surface area contributed by atoms with Crippen molar-refractivity contribution in [1.29, 1.82) is 0 Å². The van der Waals surface area contributed by atoms with Gasteiger partial charge < -0.3 is 19.2 Å². The van der Waals surface area contributed by atoms with Gasteiger partial charge in [0.15, 0.2) is 6.10 Å². The highest BCUT2D eigenvalue weighted by molar-refractivity contribution is 5.97. The van der Waals surface area contributed by atoms with Gasteiger partial charge >= 0.3 is 5.63 Å². The fraction of sp³-hybridized carbons (Fsp3) is 0.312. The number of nitrogens with one attached hydrogen (secondary N) is 1. The number of benzene rings is 3. The van der Waals surface area contributed by atoms with Crippen LogP contribution in [0.5, 0.6) is 11.5 Å². The van der Waals surface area contributed by atoms with Gasteiger partial charge in [-0.2, -0.15) is 0 Å². The lowest BCUT2D eigenvalue weighted by molar-refractivity contribution is -0.122. The second kappa shape index (κ2) is 12.0. The molecule has 5 rings (SSSR count). The first-order valence-corrected chi connectivity index (χ1v) is 13.5. The van der Waals surface area contributed by atoms with Gasteiger partial charge in [-0.05, 0) is 48.4 Å². The van der Waals surface area contributed by atoms with Crippen LogP contribution in [-0.2, 0) is 4.79 Å². The molecule has 4 aromatic rings. The Morgan fingerprint density at radius 1 is 0.868 bits per heavy atom. The van der Waals surface area contributed by atoms with Crippen LogP contribution in [0.15, 0.2) is 88.1 Å². The predicted octanol–water partition coefficient (Wildman–Crippen LogP) is 7.06. The Hall–Kier alpha value is -4.06. The first-order chi connectivity index (χ1) is 18.7. The Labute approximate surface area is 222 Å². The second-order valence-electron chi connectivity index (χ2n) is 9.69. The molecule has 1 amide bonds. The largest absolute Gasteiger partial charge is 0.494 e. The first kappa shape index (κ1) is 25.6. The normalized spacial score (nSPS) is 16.1. The molecule has 1 N–H and O–H groups in total. The number of hydrogen-bond donors (Lipinski definition) is 1. The van der Waals surface area contributed by atoms with Crippen LogP contribution in [0.2, 0.25) is 0 Å². The van der Waals surface area contributed by atoms with Crippen LogP contribution in [-0.4, -0.2) is 18.6 Å². The van der Waals surface area contributed by atoms with E-state index in [0.29, 0.717) is 34.6 Å². The quantitative estimate of drug-likeness (QED) is 0.172. The highest BCUT2D eigenvalue weighted by atomic mass is 16.5. The lowest BCUT2D eigenvalue weighted by Gasteiger charge is -2.19. The Morgan fingerprint density at radius 2 is 1.58 bits per heavy atom. The van der Waals surface area contributed by atoms with Gasteiger partial charge in [-0.15, -0.1) is 0 Å². The number of amides is 1. The maximum atomic E-state index is 13.5. The van der Waals surface area contributed by atoms with Gasteiger partial charge in [0, 0.05) is 5.69 Å². The van der Waals surface area contributed by atoms with Gasteiger partial charge in [-0.1, -0.05) is 81.5 Å². The monoisotopic (exact) mass is 511 g/mol. The molecule has 0 saturated carbocycles. The summed E-state index contributed by atoms with van der Waals surface area (Å²) < 4.78 is 17.8. The van der Waals surface area contributed by atoms with Gasteiger partial charge in [0.2, 0.25) is 0 Å². The number of para-hydroxylation sites is 2. The van der Waals surface area contributed by atoms with Crippen LogP contribution in [0.3, 0.4) is 0 Å². The number of ether oxygens (including phenoxy) is 2. The molecule has 0 fully saturated rings. The SMILES string of the molecule is CCCCCCCCOc1ccc([C@@H]2c3c(c4ccccc4oc3=O)O[C@@H]2C(=O)Nc2ccccc2)cc1. The Bertz CT molecular complexity index is 1430. The van der Waals surface area contributed by atoms with Crippen molar-refractivity contribution in [2.45, 2.75) is 57.5 Å². The minimum Gasteiger partial charge on any atom is -0.494 e. The van der Waals surface area contributed by atoms with E-state index in [1.54, 1.807) is 12.1 Å². The fourth-order valence-corrected chi connectivity index (χ4v) is 5.00. The summed E-state index contributed by atoms with van der Waals surface area (Å²) >= 11 is 0. The lowest BCUT2D eigenvalue weighted by Crippen LogP contribution is -2.35. The lowest BCUT2D eigenvalue weighted by atomic mass is 9.88. The van der Waals surface area contributed by atoms with Crippen molar-refractivity contribution in [1.82, 2.24) is 0 Å². The number of hydrogen-bond acceptors (Lipinski definition) is 5. The Kier molecular flexibility index (Phi) is 8.07. The van der Waals surface area contributed by atoms with Crippen molar-refractivity contribution in [3.8, 4) is 11.5 Å². The molecule has 2 heterocycles. The predicted molar refractivity (Wildman–Crippen MR) is 149 cm³/mol. The molecule has 0 bridgehead atoms. The second-order valence-corrected chi connectivity index (χ2v) is 9.69. The third kappa shape index (κ3) is 5.59. The third-order valence-corrected chi connectivity index (χ3v) is 6.96. The van der Waals surface area contributed by atoms with E-state index >= 15 is 0 Å². The number of unbranched alkanes of at least 4 members (excludes halogenated alkanes) is 5. The summed E-state index contributed by atoms with van der Waals surface area (Å²) in [4.78, 5) is 26.6. The number of carbonyl (C=O) groups is 1. The van der Waals surface area contributed by atoms with Gasteiger partial charge in [-0.25, -0.2) is 4.79 Å². The van der Waals surface area contributed by atoms with Crippen LogP contribution in [0.25, 0.3) is 11.0 Å². The average molecular weight is 512 g/mol. The smallest absolute Gasteiger partial charge is 0.344 e. The van der Waals surface area contributed by atoms with Crippen LogP contribution >= 0.6 is 0 Å². The van der Waals surface area contributed by atoms with Gasteiger partial charge in [0.05, 0.1) is 23.5 Å². The molecule has 1 aliphatic rings. The molecular formula is C32H33NO5. The minimum absolute atomic E-state index is 0.329. The third-order valence-electron chi connectivity index (χ3n) is 6.96. The Morgan fingerprint density at radius 3 is 2.37 bits per heavy atom. The van der Waals surface area contributed by atoms with Crippen LogP contribution in [0.1, 0.15) is 62.5 Å². The maximum absolute atomic E-state index is 13.5. The highest BCUT2D eigenvalue weighted by Crippen LogP contribution is 2.44. The van der Waals surface area contributed by atoms with Crippen molar-refractivity contribution in [3.05, 3.63) is 100 Å². The molecule has 0 spiro atoms. The molecule has 0 aliphatic carbocycles. The van der Waals surface area contributed by atoms with E-state index < -0.39 is 17.6 Å². The summed E-state index contributed by atoms with van der Waals surface area (Å²) in [7, 11) is 0. The topological polar surface area (TPSA) is 77.8 Å². The van der Waals surface area contributed by atoms with E-state index in [1.807, 2.05) is 66.7 Å². The van der Waals surface area contributed by atoms with Crippen molar-refractivity contribution in [3.63, 3.8) is 0 Å². The molecule has 3 aromatic carbocycles. The van der Waals surface area contributed by atoms with Crippen molar-refractivity contribution < 1.29 is 18.7 Å².